The van der Waals surface area contributed by atoms with Gasteiger partial charge in [0.2, 0.25) is 5.91 Å². The Hall–Kier alpha value is -2.16. The van der Waals surface area contributed by atoms with E-state index in [9.17, 15) is 13.6 Å². The second kappa shape index (κ2) is 5.25. The fourth-order valence-electron chi connectivity index (χ4n) is 1.26. The number of ether oxygens (including phenoxy) is 1. The third-order valence-electron chi connectivity index (χ3n) is 2.14. The molecule has 1 rings (SSSR count). The van der Waals surface area contributed by atoms with E-state index in [0.717, 1.165) is 0 Å². The number of anilines is 1. The van der Waals surface area contributed by atoms with Gasteiger partial charge in [0.1, 0.15) is 12.2 Å². The van der Waals surface area contributed by atoms with Gasteiger partial charge in [-0.2, -0.15) is 5.26 Å². The van der Waals surface area contributed by atoms with Crippen molar-refractivity contribution in [2.24, 2.45) is 0 Å². The van der Waals surface area contributed by atoms with Crippen molar-refractivity contribution in [1.82, 2.24) is 0 Å². The lowest BCUT2D eigenvalue weighted by molar-refractivity contribution is -0.115. The minimum Gasteiger partial charge on any atom is -0.496 e. The van der Waals surface area contributed by atoms with Crippen LogP contribution >= 0.6 is 0 Å². The second-order valence-electron chi connectivity index (χ2n) is 3.26. The van der Waals surface area contributed by atoms with Crippen LogP contribution in [0.5, 0.6) is 5.75 Å². The van der Waals surface area contributed by atoms with E-state index in [4.69, 9.17) is 10.00 Å². The monoisotopic (exact) mass is 240 g/mol. The highest BCUT2D eigenvalue weighted by molar-refractivity contribution is 5.92. The smallest absolute Gasteiger partial charge is 0.238 e. The lowest BCUT2D eigenvalue weighted by atomic mass is 10.1. The molecule has 0 radical (unpaired) electrons. The Morgan fingerprint density at radius 3 is 2.71 bits per heavy atom. The van der Waals surface area contributed by atoms with Gasteiger partial charge in [-0.25, -0.2) is 8.78 Å². The predicted octanol–water partition coefficient (Wildman–Crippen LogP) is 2.13. The predicted molar refractivity (Wildman–Crippen MR) is 56.5 cm³/mol. The fourth-order valence-corrected chi connectivity index (χ4v) is 1.26. The van der Waals surface area contributed by atoms with E-state index in [-0.39, 0.29) is 17.0 Å². The zero-order valence-corrected chi connectivity index (χ0v) is 9.30. The maximum Gasteiger partial charge on any atom is 0.238 e. The summed E-state index contributed by atoms with van der Waals surface area (Å²) in [6, 6.07) is 2.77. The molecule has 17 heavy (non-hydrogen) atoms. The molecule has 0 aliphatic rings. The molecule has 0 fully saturated rings. The number of rotatable bonds is 3. The highest BCUT2D eigenvalue weighted by Crippen LogP contribution is 2.29. The van der Waals surface area contributed by atoms with E-state index < -0.39 is 24.0 Å². The molecule has 0 bridgehead atoms. The maximum absolute atomic E-state index is 13.5. The number of carbonyl (C=O) groups excluding carboxylic acids is 1. The van der Waals surface area contributed by atoms with Gasteiger partial charge in [-0.05, 0) is 6.92 Å². The largest absolute Gasteiger partial charge is 0.496 e. The summed E-state index contributed by atoms with van der Waals surface area (Å²) >= 11 is 0. The Balaban J connectivity index is 3.13. The van der Waals surface area contributed by atoms with E-state index in [2.05, 4.69) is 5.32 Å². The molecule has 1 amide bonds. The van der Waals surface area contributed by atoms with Crippen LogP contribution in [0.3, 0.4) is 0 Å². The topological polar surface area (TPSA) is 62.1 Å². The lowest BCUT2D eigenvalue weighted by Crippen LogP contribution is -2.13. The van der Waals surface area contributed by atoms with Crippen LogP contribution < -0.4 is 10.1 Å². The zero-order chi connectivity index (χ0) is 13.0. The Morgan fingerprint density at radius 2 is 2.18 bits per heavy atom. The summed E-state index contributed by atoms with van der Waals surface area (Å²) in [5, 5.41) is 10.4. The standard InChI is InChI=1S/C11H10F2N2O2/c1-6-8(17-2)5-7(11(13)10(6)12)15-9(16)3-4-14/h5H,3H2,1-2H3,(H,15,16). The third kappa shape index (κ3) is 2.69. The summed E-state index contributed by atoms with van der Waals surface area (Å²) < 4.78 is 31.7. The van der Waals surface area contributed by atoms with E-state index in [1.165, 1.54) is 20.1 Å². The molecule has 0 saturated heterocycles. The van der Waals surface area contributed by atoms with Crippen LogP contribution in [-0.2, 0) is 4.79 Å². The van der Waals surface area contributed by atoms with Gasteiger partial charge in [0.25, 0.3) is 0 Å². The van der Waals surface area contributed by atoms with Crippen molar-refractivity contribution in [1.29, 1.82) is 5.26 Å². The van der Waals surface area contributed by atoms with Gasteiger partial charge in [-0.15, -0.1) is 0 Å². The maximum atomic E-state index is 13.5. The number of nitriles is 1. The van der Waals surface area contributed by atoms with Crippen molar-refractivity contribution in [2.45, 2.75) is 13.3 Å². The van der Waals surface area contributed by atoms with Crippen molar-refractivity contribution in [3.05, 3.63) is 23.3 Å². The van der Waals surface area contributed by atoms with Gasteiger partial charge < -0.3 is 10.1 Å². The SMILES string of the molecule is COc1cc(NC(=O)CC#N)c(F)c(F)c1C. The third-order valence-corrected chi connectivity index (χ3v) is 2.14. The van der Waals surface area contributed by atoms with Crippen LogP contribution in [0.25, 0.3) is 0 Å². The van der Waals surface area contributed by atoms with E-state index in [1.54, 1.807) is 6.07 Å². The summed E-state index contributed by atoms with van der Waals surface area (Å²) in [5.41, 5.74) is -0.325. The number of halogens is 2. The van der Waals surface area contributed by atoms with Gasteiger partial charge in [0.05, 0.1) is 18.9 Å². The molecule has 1 aromatic carbocycles. The molecular weight excluding hydrogens is 230 g/mol. The van der Waals surface area contributed by atoms with Crippen molar-refractivity contribution < 1.29 is 18.3 Å². The Kier molecular flexibility index (Phi) is 3.99. The first kappa shape index (κ1) is 12.9. The molecule has 0 aliphatic carbocycles. The Morgan fingerprint density at radius 1 is 1.53 bits per heavy atom. The number of benzene rings is 1. The molecule has 0 aliphatic heterocycles. The summed E-state index contributed by atoms with van der Waals surface area (Å²) in [7, 11) is 1.31. The number of hydrogen-bond acceptors (Lipinski definition) is 3. The summed E-state index contributed by atoms with van der Waals surface area (Å²) in [6.07, 6.45) is -0.433. The first-order valence-corrected chi connectivity index (χ1v) is 4.70. The molecule has 1 N–H and O–H groups in total. The van der Waals surface area contributed by atoms with Gasteiger partial charge in [0.15, 0.2) is 11.6 Å². The quantitative estimate of drug-likeness (QED) is 0.880. The van der Waals surface area contributed by atoms with Crippen LogP contribution in [0.4, 0.5) is 14.5 Å². The van der Waals surface area contributed by atoms with E-state index in [0.29, 0.717) is 0 Å². The number of nitrogens with one attached hydrogen (secondary N) is 1. The van der Waals surface area contributed by atoms with Crippen molar-refractivity contribution in [3.8, 4) is 11.8 Å². The lowest BCUT2D eigenvalue weighted by Gasteiger charge is -2.11. The van der Waals surface area contributed by atoms with E-state index >= 15 is 0 Å². The van der Waals surface area contributed by atoms with Crippen molar-refractivity contribution in [2.75, 3.05) is 12.4 Å². The number of methoxy groups -OCH3 is 1. The van der Waals surface area contributed by atoms with E-state index in [1.807, 2.05) is 0 Å². The minimum atomic E-state index is -1.17. The van der Waals surface area contributed by atoms with Gasteiger partial charge in [-0.1, -0.05) is 0 Å². The Labute approximate surface area is 96.8 Å². The zero-order valence-electron chi connectivity index (χ0n) is 9.30. The second-order valence-corrected chi connectivity index (χ2v) is 3.26. The molecule has 1 aromatic rings. The number of nitrogens with zero attached hydrogens (tertiary/aromatic N) is 1. The van der Waals surface area contributed by atoms with Crippen LogP contribution in [0.2, 0.25) is 0 Å². The van der Waals surface area contributed by atoms with Crippen molar-refractivity contribution >= 4 is 11.6 Å². The molecular formula is C11H10F2N2O2. The van der Waals surface area contributed by atoms with Crippen LogP contribution in [-0.4, -0.2) is 13.0 Å². The average Bonchev–Trinajstić information content (AvgIpc) is 2.30. The molecule has 0 atom stereocenters. The average molecular weight is 240 g/mol. The summed E-state index contributed by atoms with van der Waals surface area (Å²) in [5.74, 6) is -2.85. The van der Waals surface area contributed by atoms with Gasteiger partial charge >= 0.3 is 0 Å². The molecule has 4 nitrogen and oxygen atoms in total. The molecule has 0 saturated carbocycles. The van der Waals surface area contributed by atoms with Crippen LogP contribution in [0.15, 0.2) is 6.07 Å². The fraction of sp³-hybridized carbons (Fsp3) is 0.273. The minimum absolute atomic E-state index is 0.0169. The highest BCUT2D eigenvalue weighted by atomic mass is 19.2. The highest BCUT2D eigenvalue weighted by Gasteiger charge is 2.17. The Bertz CT molecular complexity index is 495. The number of hydrogen-bond donors (Lipinski definition) is 1. The van der Waals surface area contributed by atoms with Crippen molar-refractivity contribution in [3.63, 3.8) is 0 Å². The van der Waals surface area contributed by atoms with Crippen LogP contribution in [0, 0.1) is 29.9 Å². The molecule has 0 unspecified atom stereocenters. The molecule has 6 heteroatoms. The molecule has 90 valence electrons. The summed E-state index contributed by atoms with van der Waals surface area (Å²) in [6.45, 7) is 1.36. The van der Waals surface area contributed by atoms with Crippen LogP contribution in [0.1, 0.15) is 12.0 Å². The first-order chi connectivity index (χ1) is 8.01. The normalized spacial score (nSPS) is 9.59. The van der Waals surface area contributed by atoms with Gasteiger partial charge in [-0.3, -0.25) is 4.79 Å². The molecule has 0 spiro atoms. The van der Waals surface area contributed by atoms with Gasteiger partial charge in [0, 0.05) is 11.6 Å². The summed E-state index contributed by atoms with van der Waals surface area (Å²) in [4.78, 5) is 11.1. The molecule has 0 aromatic heterocycles. The number of amides is 1. The molecule has 0 heterocycles. The first-order valence-electron chi connectivity index (χ1n) is 4.70. The number of carbonyl (C=O) groups is 1.